The molecule has 0 saturated heterocycles. The number of hydrogen-bond donors (Lipinski definition) is 1. The summed E-state index contributed by atoms with van der Waals surface area (Å²) in [6.45, 7) is 3.08. The number of rotatable bonds is 11. The van der Waals surface area contributed by atoms with Crippen LogP contribution in [-0.2, 0) is 26.2 Å². The minimum absolute atomic E-state index is 0.0431. The second-order valence-electron chi connectivity index (χ2n) is 9.51. The van der Waals surface area contributed by atoms with E-state index >= 15 is 0 Å². The third kappa shape index (κ3) is 6.53. The molecule has 2 amide bonds. The van der Waals surface area contributed by atoms with Crippen molar-refractivity contribution in [2.75, 3.05) is 23.4 Å². The predicted molar refractivity (Wildman–Crippen MR) is 146 cm³/mol. The topological polar surface area (TPSA) is 105 Å². The largest absolute Gasteiger partial charge is 0.454 e. The van der Waals surface area contributed by atoms with Crippen molar-refractivity contribution >= 4 is 39.1 Å². The first-order valence-electron chi connectivity index (χ1n) is 13.0. The van der Waals surface area contributed by atoms with Crippen LogP contribution in [0, 0.1) is 0 Å². The highest BCUT2D eigenvalue weighted by Crippen LogP contribution is 2.36. The number of carbonyl (C=O) groups excluding carboxylic acids is 2. The SMILES string of the molecule is CC[C@H](C(=O)NC1CCCC1)N(Cc1ccc(Cl)cc1)C(=O)CN(c1ccc2c(c1)OCO2)S(=O)(=O)CC. The number of nitrogens with one attached hydrogen (secondary N) is 1. The van der Waals surface area contributed by atoms with E-state index < -0.39 is 28.5 Å². The van der Waals surface area contributed by atoms with Gasteiger partial charge in [-0.15, -0.1) is 0 Å². The molecule has 0 spiro atoms. The number of halogens is 1. The summed E-state index contributed by atoms with van der Waals surface area (Å²) in [7, 11) is -3.84. The van der Waals surface area contributed by atoms with E-state index in [1.165, 1.54) is 11.8 Å². The van der Waals surface area contributed by atoms with Crippen LogP contribution in [0.25, 0.3) is 0 Å². The molecule has 0 unspecified atom stereocenters. The van der Waals surface area contributed by atoms with E-state index in [0.29, 0.717) is 28.6 Å². The van der Waals surface area contributed by atoms with Crippen LogP contribution in [-0.4, -0.2) is 56.3 Å². The van der Waals surface area contributed by atoms with Crippen LogP contribution in [0.1, 0.15) is 51.5 Å². The van der Waals surface area contributed by atoms with Crippen LogP contribution in [0.5, 0.6) is 11.5 Å². The maximum atomic E-state index is 13.9. The van der Waals surface area contributed by atoms with E-state index in [0.717, 1.165) is 35.6 Å². The number of ether oxygens (including phenoxy) is 2. The third-order valence-corrected chi connectivity index (χ3v) is 8.97. The van der Waals surface area contributed by atoms with Crippen LogP contribution >= 0.6 is 11.6 Å². The minimum atomic E-state index is -3.84. The number of sulfonamides is 1. The molecule has 0 bridgehead atoms. The van der Waals surface area contributed by atoms with Crippen LogP contribution in [0.4, 0.5) is 5.69 Å². The van der Waals surface area contributed by atoms with Gasteiger partial charge in [-0.2, -0.15) is 0 Å². The molecule has 1 saturated carbocycles. The van der Waals surface area contributed by atoms with Gasteiger partial charge in [0.1, 0.15) is 12.6 Å². The molecule has 206 valence electrons. The summed E-state index contributed by atoms with van der Waals surface area (Å²) in [5.74, 6) is 0.00276. The second kappa shape index (κ2) is 12.3. The summed E-state index contributed by atoms with van der Waals surface area (Å²) in [6, 6.07) is 11.1. The highest BCUT2D eigenvalue weighted by molar-refractivity contribution is 7.92. The number of carbonyl (C=O) groups is 2. The number of hydrogen-bond acceptors (Lipinski definition) is 6. The van der Waals surface area contributed by atoms with Gasteiger partial charge in [0, 0.05) is 23.7 Å². The molecule has 0 aromatic heterocycles. The smallest absolute Gasteiger partial charge is 0.244 e. The van der Waals surface area contributed by atoms with Gasteiger partial charge in [-0.25, -0.2) is 8.42 Å². The van der Waals surface area contributed by atoms with Gasteiger partial charge >= 0.3 is 0 Å². The zero-order valence-corrected chi connectivity index (χ0v) is 23.3. The van der Waals surface area contributed by atoms with Crippen molar-refractivity contribution in [2.24, 2.45) is 0 Å². The molecule has 9 nitrogen and oxygen atoms in total. The molecule has 1 aliphatic heterocycles. The molecule has 38 heavy (non-hydrogen) atoms. The Kier molecular flexibility index (Phi) is 9.04. The summed E-state index contributed by atoms with van der Waals surface area (Å²) in [4.78, 5) is 28.7. The summed E-state index contributed by atoms with van der Waals surface area (Å²) >= 11 is 6.05. The number of amides is 2. The molecule has 1 atom stereocenters. The normalized spacial score (nSPS) is 15.8. The van der Waals surface area contributed by atoms with Crippen molar-refractivity contribution in [3.05, 3.63) is 53.1 Å². The Morgan fingerprint density at radius 3 is 2.39 bits per heavy atom. The lowest BCUT2D eigenvalue weighted by Gasteiger charge is -2.33. The quantitative estimate of drug-likeness (QED) is 0.441. The first kappa shape index (κ1) is 28.0. The van der Waals surface area contributed by atoms with E-state index in [4.69, 9.17) is 21.1 Å². The van der Waals surface area contributed by atoms with Crippen molar-refractivity contribution in [2.45, 2.75) is 64.6 Å². The van der Waals surface area contributed by atoms with Crippen molar-refractivity contribution in [1.29, 1.82) is 0 Å². The molecule has 0 radical (unpaired) electrons. The molecule has 1 N–H and O–H groups in total. The molecule has 11 heteroatoms. The lowest BCUT2D eigenvalue weighted by molar-refractivity contribution is -0.140. The van der Waals surface area contributed by atoms with Gasteiger partial charge in [0.15, 0.2) is 11.5 Å². The lowest BCUT2D eigenvalue weighted by atomic mass is 10.1. The Hall–Kier alpha value is -2.98. The highest BCUT2D eigenvalue weighted by atomic mass is 35.5. The Labute approximate surface area is 229 Å². The Morgan fingerprint density at radius 1 is 1.05 bits per heavy atom. The maximum Gasteiger partial charge on any atom is 0.244 e. The first-order valence-corrected chi connectivity index (χ1v) is 14.9. The number of benzene rings is 2. The molecule has 4 rings (SSSR count). The molecule has 1 aliphatic carbocycles. The highest BCUT2D eigenvalue weighted by Gasteiger charge is 2.34. The van der Waals surface area contributed by atoms with Crippen molar-refractivity contribution in [3.63, 3.8) is 0 Å². The average Bonchev–Trinajstić information content (AvgIpc) is 3.59. The molecule has 2 aromatic rings. The van der Waals surface area contributed by atoms with Gasteiger partial charge < -0.3 is 19.7 Å². The van der Waals surface area contributed by atoms with E-state index in [1.54, 1.807) is 42.5 Å². The fraction of sp³-hybridized carbons (Fsp3) is 0.481. The fourth-order valence-corrected chi connectivity index (χ4v) is 6.01. The van der Waals surface area contributed by atoms with Gasteiger partial charge in [-0.05, 0) is 56.0 Å². The van der Waals surface area contributed by atoms with Crippen LogP contribution in [0.15, 0.2) is 42.5 Å². The Balaban J connectivity index is 1.64. The van der Waals surface area contributed by atoms with Crippen LogP contribution in [0.3, 0.4) is 0 Å². The molecule has 1 heterocycles. The maximum absolute atomic E-state index is 13.9. The van der Waals surface area contributed by atoms with Gasteiger partial charge in [0.2, 0.25) is 28.6 Å². The first-order chi connectivity index (χ1) is 18.2. The van der Waals surface area contributed by atoms with Crippen LogP contribution < -0.4 is 19.1 Å². The number of fused-ring (bicyclic) bond motifs is 1. The minimum Gasteiger partial charge on any atom is -0.454 e. The molecule has 2 aromatic carbocycles. The molecular formula is C27H34ClN3O6S. The fourth-order valence-electron chi connectivity index (χ4n) is 4.83. The zero-order valence-electron chi connectivity index (χ0n) is 21.7. The number of nitrogens with zero attached hydrogens (tertiary/aromatic N) is 2. The van der Waals surface area contributed by atoms with E-state index in [9.17, 15) is 18.0 Å². The third-order valence-electron chi connectivity index (χ3n) is 6.98. The van der Waals surface area contributed by atoms with Crippen molar-refractivity contribution < 1.29 is 27.5 Å². The predicted octanol–water partition coefficient (Wildman–Crippen LogP) is 4.09. The average molecular weight is 564 g/mol. The van der Waals surface area contributed by atoms with Gasteiger partial charge in [-0.3, -0.25) is 13.9 Å². The second-order valence-corrected chi connectivity index (χ2v) is 12.1. The van der Waals surface area contributed by atoms with E-state index in [-0.39, 0.29) is 31.0 Å². The Morgan fingerprint density at radius 2 is 1.74 bits per heavy atom. The standard InChI is InChI=1S/C27H34ClN3O6S/c1-3-23(27(33)29-21-7-5-6-8-21)30(16-19-9-11-20(28)12-10-19)26(32)17-31(38(34,35)4-2)22-13-14-24-25(15-22)37-18-36-24/h9-15,21,23H,3-8,16-18H2,1-2H3,(H,29,33)/t23-/m1/s1. The molecule has 2 aliphatic rings. The summed E-state index contributed by atoms with van der Waals surface area (Å²) in [5, 5.41) is 3.65. The lowest BCUT2D eigenvalue weighted by Crippen LogP contribution is -2.53. The number of anilines is 1. The van der Waals surface area contributed by atoms with Gasteiger partial charge in [0.05, 0.1) is 11.4 Å². The van der Waals surface area contributed by atoms with Gasteiger partial charge in [-0.1, -0.05) is 43.5 Å². The van der Waals surface area contributed by atoms with Crippen LogP contribution in [0.2, 0.25) is 5.02 Å². The summed E-state index contributed by atoms with van der Waals surface area (Å²) < 4.78 is 38.1. The Bertz CT molecular complexity index is 1250. The monoisotopic (exact) mass is 563 g/mol. The van der Waals surface area contributed by atoms with Gasteiger partial charge in [0.25, 0.3) is 0 Å². The molecule has 1 fully saturated rings. The van der Waals surface area contributed by atoms with E-state index in [2.05, 4.69) is 5.32 Å². The van der Waals surface area contributed by atoms with Crippen molar-refractivity contribution in [1.82, 2.24) is 10.2 Å². The van der Waals surface area contributed by atoms with E-state index in [1.807, 2.05) is 6.92 Å². The summed E-state index contributed by atoms with van der Waals surface area (Å²) in [5.41, 5.74) is 1.07. The van der Waals surface area contributed by atoms with Crippen molar-refractivity contribution in [3.8, 4) is 11.5 Å². The molecular weight excluding hydrogens is 530 g/mol. The zero-order chi connectivity index (χ0) is 27.3. The summed E-state index contributed by atoms with van der Waals surface area (Å²) in [6.07, 6.45) is 4.34.